The summed E-state index contributed by atoms with van der Waals surface area (Å²) in [5.74, 6) is 3.20. The number of thioether (sulfide) groups is 1. The average Bonchev–Trinajstić information content (AvgIpc) is 2.41. The van der Waals surface area contributed by atoms with E-state index in [1.54, 1.807) is 0 Å². The number of likely N-dealkylation sites (tertiary alicyclic amines) is 1. The van der Waals surface area contributed by atoms with Gasteiger partial charge in [-0.15, -0.1) is 0 Å². The Hall–Kier alpha value is -0.260. The zero-order chi connectivity index (χ0) is 14.4. The Morgan fingerprint density at radius 1 is 1.40 bits per heavy atom. The van der Waals surface area contributed by atoms with Crippen LogP contribution >= 0.6 is 11.8 Å². The van der Waals surface area contributed by atoms with E-state index in [0.29, 0.717) is 18.5 Å². The lowest BCUT2D eigenvalue weighted by Crippen LogP contribution is -2.47. The number of nitrogens with zero attached hydrogens (tertiary/aromatic N) is 1. The molecule has 2 fully saturated rings. The molecular formula is C15H29N3OS. The highest BCUT2D eigenvalue weighted by molar-refractivity contribution is 7.99. The lowest BCUT2D eigenvalue weighted by atomic mass is 10.0. The molecule has 0 saturated carbocycles. The molecule has 0 aromatic rings. The fourth-order valence-corrected chi connectivity index (χ4v) is 3.99. The molecule has 2 N–H and O–H groups in total. The van der Waals surface area contributed by atoms with E-state index in [1.807, 2.05) is 11.8 Å². The van der Waals surface area contributed by atoms with Crippen LogP contribution in [0.1, 0.15) is 33.1 Å². The first-order valence-corrected chi connectivity index (χ1v) is 9.12. The lowest BCUT2D eigenvalue weighted by Gasteiger charge is -2.33. The second kappa shape index (κ2) is 8.25. The molecule has 0 aliphatic carbocycles. The summed E-state index contributed by atoms with van der Waals surface area (Å²) in [6, 6.07) is 0.761. The van der Waals surface area contributed by atoms with Gasteiger partial charge >= 0.3 is 0 Å². The molecule has 5 heteroatoms. The molecule has 1 unspecified atom stereocenters. The van der Waals surface area contributed by atoms with Crippen molar-refractivity contribution in [1.82, 2.24) is 15.5 Å². The van der Waals surface area contributed by atoms with Crippen molar-refractivity contribution in [2.24, 2.45) is 5.92 Å². The summed E-state index contributed by atoms with van der Waals surface area (Å²) in [7, 11) is 0. The number of rotatable bonds is 5. The molecule has 0 radical (unpaired) electrons. The number of piperidine rings is 1. The van der Waals surface area contributed by atoms with Gasteiger partial charge in [-0.1, -0.05) is 13.8 Å². The zero-order valence-corrected chi connectivity index (χ0v) is 13.7. The van der Waals surface area contributed by atoms with Crippen LogP contribution in [0.2, 0.25) is 0 Å². The molecule has 1 atom stereocenters. The van der Waals surface area contributed by atoms with Crippen LogP contribution in [0.4, 0.5) is 0 Å². The Kier molecular flexibility index (Phi) is 6.65. The quantitative estimate of drug-likeness (QED) is 0.804. The van der Waals surface area contributed by atoms with Crippen LogP contribution in [0.15, 0.2) is 0 Å². The van der Waals surface area contributed by atoms with Crippen molar-refractivity contribution in [3.8, 4) is 0 Å². The maximum absolute atomic E-state index is 12.1. The van der Waals surface area contributed by atoms with Crippen molar-refractivity contribution in [3.63, 3.8) is 0 Å². The van der Waals surface area contributed by atoms with Gasteiger partial charge in [-0.3, -0.25) is 4.79 Å². The minimum Gasteiger partial charge on any atom is -0.353 e. The Labute approximate surface area is 127 Å². The van der Waals surface area contributed by atoms with Gasteiger partial charge < -0.3 is 15.5 Å². The molecule has 1 amide bonds. The van der Waals surface area contributed by atoms with E-state index in [-0.39, 0.29) is 5.91 Å². The van der Waals surface area contributed by atoms with Crippen molar-refractivity contribution in [2.75, 3.05) is 37.7 Å². The largest absolute Gasteiger partial charge is 0.353 e. The van der Waals surface area contributed by atoms with Gasteiger partial charge in [0, 0.05) is 56.2 Å². The van der Waals surface area contributed by atoms with E-state index in [4.69, 9.17) is 0 Å². The summed E-state index contributed by atoms with van der Waals surface area (Å²) in [5, 5.41) is 6.65. The Bertz CT molecular complexity index is 297. The highest BCUT2D eigenvalue weighted by Crippen LogP contribution is 2.13. The summed E-state index contributed by atoms with van der Waals surface area (Å²) in [5.41, 5.74) is 0. The van der Waals surface area contributed by atoms with Gasteiger partial charge in [0.25, 0.3) is 0 Å². The van der Waals surface area contributed by atoms with Gasteiger partial charge in [-0.25, -0.2) is 0 Å². The summed E-state index contributed by atoms with van der Waals surface area (Å²) in [6.07, 6.45) is 2.84. The molecule has 2 heterocycles. The normalized spacial score (nSPS) is 25.9. The fraction of sp³-hybridized carbons (Fsp3) is 0.933. The Morgan fingerprint density at radius 3 is 2.75 bits per heavy atom. The van der Waals surface area contributed by atoms with Crippen LogP contribution in [0.5, 0.6) is 0 Å². The predicted molar refractivity (Wildman–Crippen MR) is 86.2 cm³/mol. The van der Waals surface area contributed by atoms with Crippen LogP contribution in [-0.2, 0) is 4.79 Å². The third kappa shape index (κ3) is 5.62. The molecule has 2 saturated heterocycles. The summed E-state index contributed by atoms with van der Waals surface area (Å²) in [4.78, 5) is 14.6. The van der Waals surface area contributed by atoms with Crippen LogP contribution in [-0.4, -0.2) is 60.6 Å². The standard InChI is InChI=1S/C15H29N3OS/c1-12(2)10-18-6-3-13(4-7-18)17-15(19)9-14-11-20-8-5-16-14/h12-14,16H,3-11H2,1-2H3,(H,17,19). The van der Waals surface area contributed by atoms with Crippen molar-refractivity contribution < 1.29 is 4.79 Å². The van der Waals surface area contributed by atoms with Crippen molar-refractivity contribution in [3.05, 3.63) is 0 Å². The SMILES string of the molecule is CC(C)CN1CCC(NC(=O)CC2CSCCN2)CC1. The predicted octanol–water partition coefficient (Wildman–Crippen LogP) is 1.32. The maximum Gasteiger partial charge on any atom is 0.221 e. The number of nitrogens with one attached hydrogen (secondary N) is 2. The molecule has 0 aromatic heterocycles. The summed E-state index contributed by atoms with van der Waals surface area (Å²) < 4.78 is 0. The fourth-order valence-electron chi connectivity index (χ4n) is 3.04. The topological polar surface area (TPSA) is 44.4 Å². The molecule has 20 heavy (non-hydrogen) atoms. The van der Waals surface area contributed by atoms with Gasteiger partial charge in [0.2, 0.25) is 5.91 Å². The van der Waals surface area contributed by atoms with Crippen molar-refractivity contribution >= 4 is 17.7 Å². The number of carbonyl (C=O) groups is 1. The second-order valence-corrected chi connectivity index (χ2v) is 7.62. The minimum absolute atomic E-state index is 0.229. The lowest BCUT2D eigenvalue weighted by molar-refractivity contribution is -0.122. The number of hydrogen-bond donors (Lipinski definition) is 2. The summed E-state index contributed by atoms with van der Waals surface area (Å²) >= 11 is 1.95. The summed E-state index contributed by atoms with van der Waals surface area (Å²) in [6.45, 7) is 9.01. The highest BCUT2D eigenvalue weighted by atomic mass is 32.2. The highest BCUT2D eigenvalue weighted by Gasteiger charge is 2.22. The van der Waals surface area contributed by atoms with Crippen LogP contribution in [0, 0.1) is 5.92 Å². The van der Waals surface area contributed by atoms with E-state index < -0.39 is 0 Å². The number of amides is 1. The molecule has 0 spiro atoms. The molecule has 2 aliphatic rings. The molecule has 0 aromatic carbocycles. The number of carbonyl (C=O) groups excluding carboxylic acids is 1. The van der Waals surface area contributed by atoms with E-state index in [0.717, 1.165) is 44.1 Å². The third-order valence-electron chi connectivity index (χ3n) is 4.01. The first-order chi connectivity index (χ1) is 9.63. The van der Waals surface area contributed by atoms with Gasteiger partial charge in [-0.05, 0) is 18.8 Å². The first kappa shape index (κ1) is 16.1. The van der Waals surface area contributed by atoms with E-state index in [1.165, 1.54) is 12.3 Å². The molecular weight excluding hydrogens is 270 g/mol. The Balaban J connectivity index is 1.63. The minimum atomic E-state index is 0.229. The van der Waals surface area contributed by atoms with E-state index in [9.17, 15) is 4.79 Å². The molecule has 4 nitrogen and oxygen atoms in total. The molecule has 116 valence electrons. The monoisotopic (exact) mass is 299 g/mol. The first-order valence-electron chi connectivity index (χ1n) is 7.96. The van der Waals surface area contributed by atoms with Crippen molar-refractivity contribution in [1.29, 1.82) is 0 Å². The average molecular weight is 299 g/mol. The van der Waals surface area contributed by atoms with Crippen LogP contribution in [0.3, 0.4) is 0 Å². The Morgan fingerprint density at radius 2 is 2.15 bits per heavy atom. The zero-order valence-electron chi connectivity index (χ0n) is 12.9. The van der Waals surface area contributed by atoms with Gasteiger partial charge in [0.15, 0.2) is 0 Å². The van der Waals surface area contributed by atoms with Crippen LogP contribution in [0.25, 0.3) is 0 Å². The number of hydrogen-bond acceptors (Lipinski definition) is 4. The van der Waals surface area contributed by atoms with Gasteiger partial charge in [0.05, 0.1) is 0 Å². The van der Waals surface area contributed by atoms with Crippen LogP contribution < -0.4 is 10.6 Å². The maximum atomic E-state index is 12.1. The molecule has 0 bridgehead atoms. The van der Waals surface area contributed by atoms with Gasteiger partial charge in [-0.2, -0.15) is 11.8 Å². The second-order valence-electron chi connectivity index (χ2n) is 6.47. The smallest absolute Gasteiger partial charge is 0.221 e. The van der Waals surface area contributed by atoms with Gasteiger partial charge in [0.1, 0.15) is 0 Å². The van der Waals surface area contributed by atoms with E-state index in [2.05, 4.69) is 29.4 Å². The molecule has 2 aliphatic heterocycles. The third-order valence-corrected chi connectivity index (χ3v) is 5.14. The van der Waals surface area contributed by atoms with Crippen molar-refractivity contribution in [2.45, 2.75) is 45.2 Å². The van der Waals surface area contributed by atoms with E-state index >= 15 is 0 Å². The molecule has 2 rings (SSSR count).